The number of aliphatic imine (C=N–C) groups is 1. The predicted octanol–water partition coefficient (Wildman–Crippen LogP) is 4.35. The molecule has 0 radical (unpaired) electrons. The van der Waals surface area contributed by atoms with Gasteiger partial charge in [0, 0.05) is 25.7 Å². The highest BCUT2D eigenvalue weighted by Crippen LogP contribution is 2.31. The van der Waals surface area contributed by atoms with E-state index in [-0.39, 0.29) is 5.92 Å². The highest BCUT2D eigenvalue weighted by atomic mass is 19.4. The second kappa shape index (κ2) is 10.1. The molecule has 3 N–H and O–H groups in total. The number of nitrogens with zero attached hydrogens (tertiary/aromatic N) is 3. The number of hydrogen-bond donors (Lipinski definition) is 3. The van der Waals surface area contributed by atoms with Crippen molar-refractivity contribution in [3.05, 3.63) is 71.5 Å². The van der Waals surface area contributed by atoms with Gasteiger partial charge in [-0.1, -0.05) is 43.3 Å². The number of nitrogens with one attached hydrogen (secondary N) is 3. The maximum Gasteiger partial charge on any atom is 0.416 e. The molecule has 0 saturated carbocycles. The fourth-order valence-electron chi connectivity index (χ4n) is 3.17. The van der Waals surface area contributed by atoms with Crippen LogP contribution in [0, 0.1) is 0 Å². The molecule has 3 aromatic rings. The van der Waals surface area contributed by atoms with Crippen LogP contribution < -0.4 is 10.6 Å². The highest BCUT2D eigenvalue weighted by Gasteiger charge is 2.30. The van der Waals surface area contributed by atoms with Crippen molar-refractivity contribution in [2.45, 2.75) is 32.0 Å². The average molecular weight is 430 g/mol. The van der Waals surface area contributed by atoms with Crippen LogP contribution in [0.15, 0.2) is 59.9 Å². The maximum atomic E-state index is 12.9. The maximum absolute atomic E-state index is 12.9. The van der Waals surface area contributed by atoms with Crippen molar-refractivity contribution in [3.63, 3.8) is 0 Å². The summed E-state index contributed by atoms with van der Waals surface area (Å²) in [7, 11) is 1.68. The van der Waals surface area contributed by atoms with E-state index in [1.54, 1.807) is 13.1 Å². The Kier molecular flexibility index (Phi) is 7.28. The molecule has 31 heavy (non-hydrogen) atoms. The molecule has 0 spiro atoms. The van der Waals surface area contributed by atoms with Crippen molar-refractivity contribution in [3.8, 4) is 11.4 Å². The first-order chi connectivity index (χ1) is 14.9. The molecular weight excluding hydrogens is 405 g/mol. The Hall–Kier alpha value is -3.36. The summed E-state index contributed by atoms with van der Waals surface area (Å²) in [6.45, 7) is 3.06. The van der Waals surface area contributed by atoms with E-state index >= 15 is 0 Å². The van der Waals surface area contributed by atoms with Gasteiger partial charge in [0.2, 0.25) is 0 Å². The fourth-order valence-corrected chi connectivity index (χ4v) is 3.17. The van der Waals surface area contributed by atoms with Crippen LogP contribution in [0.25, 0.3) is 11.4 Å². The average Bonchev–Trinajstić information content (AvgIpc) is 3.31. The third kappa shape index (κ3) is 6.31. The number of halogens is 3. The molecule has 0 aliphatic heterocycles. The van der Waals surface area contributed by atoms with Crippen molar-refractivity contribution in [1.29, 1.82) is 0 Å². The molecule has 1 aromatic heterocycles. The molecule has 9 heteroatoms. The van der Waals surface area contributed by atoms with Gasteiger partial charge in [-0.15, -0.1) is 0 Å². The molecule has 1 atom stereocenters. The number of guanidine groups is 1. The Bertz CT molecular complexity index is 998. The van der Waals surface area contributed by atoms with Crippen molar-refractivity contribution in [2.75, 3.05) is 13.6 Å². The molecule has 1 heterocycles. The van der Waals surface area contributed by atoms with Gasteiger partial charge >= 0.3 is 6.18 Å². The number of benzene rings is 2. The molecule has 164 valence electrons. The van der Waals surface area contributed by atoms with Crippen LogP contribution in [-0.2, 0) is 12.7 Å². The molecular formula is C22H25F3N6. The van der Waals surface area contributed by atoms with Crippen molar-refractivity contribution >= 4 is 5.96 Å². The largest absolute Gasteiger partial charge is 0.416 e. The van der Waals surface area contributed by atoms with Gasteiger partial charge in [-0.25, -0.2) is 4.98 Å². The van der Waals surface area contributed by atoms with Gasteiger partial charge < -0.3 is 10.6 Å². The van der Waals surface area contributed by atoms with Gasteiger partial charge in [0.25, 0.3) is 0 Å². The third-order valence-electron chi connectivity index (χ3n) is 4.95. The first-order valence-electron chi connectivity index (χ1n) is 9.93. The minimum Gasteiger partial charge on any atom is -0.356 e. The number of aromatic amines is 1. The second-order valence-electron chi connectivity index (χ2n) is 7.20. The Morgan fingerprint density at radius 3 is 2.65 bits per heavy atom. The summed E-state index contributed by atoms with van der Waals surface area (Å²) in [5, 5.41) is 13.2. The molecule has 1 unspecified atom stereocenters. The minimum atomic E-state index is -4.33. The summed E-state index contributed by atoms with van der Waals surface area (Å²) in [6.07, 6.45) is -2.19. The molecule has 0 aliphatic rings. The number of H-pyrrole nitrogens is 1. The summed E-state index contributed by atoms with van der Waals surface area (Å²) in [5.41, 5.74) is 2.04. The lowest BCUT2D eigenvalue weighted by Crippen LogP contribution is -2.37. The van der Waals surface area contributed by atoms with Gasteiger partial charge in [-0.3, -0.25) is 10.1 Å². The lowest BCUT2D eigenvalue weighted by molar-refractivity contribution is -0.137. The summed E-state index contributed by atoms with van der Waals surface area (Å²) in [4.78, 5) is 8.36. The Labute approximate surface area is 179 Å². The van der Waals surface area contributed by atoms with Gasteiger partial charge in [-0.05, 0) is 35.6 Å². The van der Waals surface area contributed by atoms with Crippen molar-refractivity contribution in [1.82, 2.24) is 25.8 Å². The minimum absolute atomic E-state index is 0.0218. The van der Waals surface area contributed by atoms with E-state index < -0.39 is 11.7 Å². The number of rotatable bonds is 7. The zero-order valence-electron chi connectivity index (χ0n) is 17.4. The second-order valence-corrected chi connectivity index (χ2v) is 7.20. The van der Waals surface area contributed by atoms with E-state index in [4.69, 9.17) is 0 Å². The summed E-state index contributed by atoms with van der Waals surface area (Å²) >= 11 is 0. The third-order valence-corrected chi connectivity index (χ3v) is 4.95. The molecule has 0 fully saturated rings. The highest BCUT2D eigenvalue weighted by molar-refractivity contribution is 5.79. The quantitative estimate of drug-likeness (QED) is 0.385. The van der Waals surface area contributed by atoms with Crippen LogP contribution in [0.1, 0.15) is 36.0 Å². The smallest absolute Gasteiger partial charge is 0.356 e. The van der Waals surface area contributed by atoms with Crippen LogP contribution in [0.3, 0.4) is 0 Å². The molecule has 6 nitrogen and oxygen atoms in total. The van der Waals surface area contributed by atoms with E-state index in [0.717, 1.165) is 17.2 Å². The molecule has 0 aliphatic carbocycles. The lowest BCUT2D eigenvalue weighted by Gasteiger charge is -2.16. The fraction of sp³-hybridized carbons (Fsp3) is 0.318. The van der Waals surface area contributed by atoms with Crippen molar-refractivity contribution in [2.24, 2.45) is 4.99 Å². The molecule has 2 aromatic carbocycles. The Morgan fingerprint density at radius 2 is 1.94 bits per heavy atom. The lowest BCUT2D eigenvalue weighted by atomic mass is 9.96. The monoisotopic (exact) mass is 430 g/mol. The molecule has 0 bridgehead atoms. The standard InChI is InChI=1S/C22H25F3N6/c1-15(17-6-4-8-19(12-17)22(23,24)25)9-10-27-21(26-2)28-13-16-5-3-7-18(11-16)20-29-14-30-31-20/h3-8,11-12,14-15H,9-10,13H2,1-2H3,(H2,26,27,28)(H,29,30,31). The first kappa shape index (κ1) is 22.3. The summed E-state index contributed by atoms with van der Waals surface area (Å²) in [6, 6.07) is 13.4. The van der Waals surface area contributed by atoms with E-state index in [9.17, 15) is 13.2 Å². The zero-order chi connectivity index (χ0) is 22.3. The Balaban J connectivity index is 1.50. The molecule has 0 saturated heterocycles. The van der Waals surface area contributed by atoms with Gasteiger partial charge in [-0.2, -0.15) is 18.3 Å². The van der Waals surface area contributed by atoms with Crippen LogP contribution in [0.4, 0.5) is 13.2 Å². The first-order valence-corrected chi connectivity index (χ1v) is 9.93. The van der Waals surface area contributed by atoms with Crippen LogP contribution >= 0.6 is 0 Å². The van der Waals surface area contributed by atoms with E-state index in [1.165, 1.54) is 18.5 Å². The summed E-state index contributed by atoms with van der Waals surface area (Å²) in [5.74, 6) is 1.31. The molecule has 3 rings (SSSR count). The van der Waals surface area contributed by atoms with Gasteiger partial charge in [0.15, 0.2) is 11.8 Å². The molecule has 0 amide bonds. The van der Waals surface area contributed by atoms with Crippen molar-refractivity contribution < 1.29 is 13.2 Å². The van der Waals surface area contributed by atoms with Crippen LogP contribution in [-0.4, -0.2) is 34.7 Å². The summed E-state index contributed by atoms with van der Waals surface area (Å²) < 4.78 is 38.8. The topological polar surface area (TPSA) is 78.0 Å². The number of hydrogen-bond acceptors (Lipinski definition) is 3. The van der Waals surface area contributed by atoms with E-state index in [0.29, 0.717) is 36.9 Å². The Morgan fingerprint density at radius 1 is 1.13 bits per heavy atom. The predicted molar refractivity (Wildman–Crippen MR) is 114 cm³/mol. The normalized spacial score (nSPS) is 13.1. The van der Waals surface area contributed by atoms with Crippen LogP contribution in [0.5, 0.6) is 0 Å². The van der Waals surface area contributed by atoms with Crippen LogP contribution in [0.2, 0.25) is 0 Å². The van der Waals surface area contributed by atoms with Gasteiger partial charge in [0.1, 0.15) is 6.33 Å². The van der Waals surface area contributed by atoms with Gasteiger partial charge in [0.05, 0.1) is 5.56 Å². The van der Waals surface area contributed by atoms with E-state index in [1.807, 2.05) is 31.2 Å². The van der Waals surface area contributed by atoms with E-state index in [2.05, 4.69) is 30.8 Å². The number of aromatic nitrogens is 3. The SMILES string of the molecule is CN=C(NCCC(C)c1cccc(C(F)(F)F)c1)NCc1cccc(-c2ncn[nH]2)c1. The zero-order valence-corrected chi connectivity index (χ0v) is 17.4. The number of alkyl halides is 3.